The number of likely N-dealkylation sites (tertiary alicyclic amines) is 1. The van der Waals surface area contributed by atoms with Crippen molar-refractivity contribution < 1.29 is 14.7 Å². The SMILES string of the molecule is CSC1(CNCC(=O)N2CCC(C(=O)O)CC2)CCC1. The Balaban J connectivity index is 1.67. The van der Waals surface area contributed by atoms with E-state index in [-0.39, 0.29) is 11.8 Å². The first-order valence-corrected chi connectivity index (χ1v) is 8.55. The third-order valence-corrected chi connectivity index (χ3v) is 6.04. The molecule has 2 aliphatic rings. The average molecular weight is 300 g/mol. The van der Waals surface area contributed by atoms with Crippen LogP contribution in [-0.4, -0.2) is 59.1 Å². The Labute approximate surface area is 124 Å². The highest BCUT2D eigenvalue weighted by Gasteiger charge is 2.35. The average Bonchev–Trinajstić information content (AvgIpc) is 2.41. The van der Waals surface area contributed by atoms with Crippen LogP contribution in [0.2, 0.25) is 0 Å². The molecule has 0 spiro atoms. The number of hydrogen-bond donors (Lipinski definition) is 2. The number of carbonyl (C=O) groups is 2. The molecule has 114 valence electrons. The van der Waals surface area contributed by atoms with Crippen LogP contribution in [0.5, 0.6) is 0 Å². The Kier molecular flexibility index (Phi) is 5.32. The van der Waals surface area contributed by atoms with E-state index in [2.05, 4.69) is 11.6 Å². The number of aliphatic carboxylic acids is 1. The molecule has 2 N–H and O–H groups in total. The van der Waals surface area contributed by atoms with Crippen molar-refractivity contribution in [2.24, 2.45) is 5.92 Å². The first-order chi connectivity index (χ1) is 9.56. The summed E-state index contributed by atoms with van der Waals surface area (Å²) in [6, 6.07) is 0. The second kappa shape index (κ2) is 6.80. The second-order valence-electron chi connectivity index (χ2n) is 5.84. The lowest BCUT2D eigenvalue weighted by molar-refractivity contribution is -0.145. The molecule has 0 unspecified atom stereocenters. The molecule has 2 rings (SSSR count). The molecule has 0 aromatic heterocycles. The van der Waals surface area contributed by atoms with Gasteiger partial charge in [0, 0.05) is 24.4 Å². The number of nitrogens with zero attached hydrogens (tertiary/aromatic N) is 1. The predicted molar refractivity (Wildman–Crippen MR) is 79.9 cm³/mol. The monoisotopic (exact) mass is 300 g/mol. The summed E-state index contributed by atoms with van der Waals surface area (Å²) in [5.74, 6) is -0.909. The van der Waals surface area contributed by atoms with Gasteiger partial charge in [-0.15, -0.1) is 0 Å². The van der Waals surface area contributed by atoms with Crippen molar-refractivity contribution in [3.63, 3.8) is 0 Å². The van der Waals surface area contributed by atoms with E-state index in [9.17, 15) is 9.59 Å². The van der Waals surface area contributed by atoms with E-state index in [4.69, 9.17) is 5.11 Å². The molecule has 1 aliphatic heterocycles. The minimum atomic E-state index is -0.734. The molecule has 1 saturated heterocycles. The lowest BCUT2D eigenvalue weighted by Gasteiger charge is -2.40. The standard InChI is InChI=1S/C14H24N2O3S/c1-20-14(5-2-6-14)10-15-9-12(17)16-7-3-11(4-8-16)13(18)19/h11,15H,2-10H2,1H3,(H,18,19). The van der Waals surface area contributed by atoms with Crippen LogP contribution in [0.1, 0.15) is 32.1 Å². The second-order valence-corrected chi connectivity index (χ2v) is 7.11. The molecule has 2 fully saturated rings. The molecular weight excluding hydrogens is 276 g/mol. The van der Waals surface area contributed by atoms with Gasteiger partial charge in [-0.05, 0) is 31.9 Å². The maximum absolute atomic E-state index is 12.1. The Morgan fingerprint density at radius 1 is 1.35 bits per heavy atom. The van der Waals surface area contributed by atoms with Crippen LogP contribution < -0.4 is 5.32 Å². The van der Waals surface area contributed by atoms with Gasteiger partial charge >= 0.3 is 5.97 Å². The highest BCUT2D eigenvalue weighted by atomic mass is 32.2. The van der Waals surface area contributed by atoms with Gasteiger partial charge in [-0.25, -0.2) is 0 Å². The summed E-state index contributed by atoms with van der Waals surface area (Å²) in [4.78, 5) is 24.7. The summed E-state index contributed by atoms with van der Waals surface area (Å²) < 4.78 is 0.344. The van der Waals surface area contributed by atoms with Crippen molar-refractivity contribution in [1.82, 2.24) is 10.2 Å². The fourth-order valence-corrected chi connectivity index (χ4v) is 3.85. The lowest BCUT2D eigenvalue weighted by atomic mass is 9.84. The third-order valence-electron chi connectivity index (χ3n) is 4.62. The van der Waals surface area contributed by atoms with Gasteiger partial charge in [-0.1, -0.05) is 6.42 Å². The molecule has 20 heavy (non-hydrogen) atoms. The number of piperidine rings is 1. The summed E-state index contributed by atoms with van der Waals surface area (Å²) in [6.07, 6.45) is 7.06. The Hall–Kier alpha value is -0.750. The summed E-state index contributed by atoms with van der Waals surface area (Å²) in [7, 11) is 0. The van der Waals surface area contributed by atoms with Gasteiger partial charge in [0.25, 0.3) is 0 Å². The molecule has 0 aromatic carbocycles. The zero-order valence-corrected chi connectivity index (χ0v) is 12.9. The van der Waals surface area contributed by atoms with Crippen molar-refractivity contribution in [3.8, 4) is 0 Å². The molecule has 6 heteroatoms. The van der Waals surface area contributed by atoms with Gasteiger partial charge in [-0.2, -0.15) is 11.8 Å². The van der Waals surface area contributed by atoms with E-state index in [1.165, 1.54) is 19.3 Å². The quantitative estimate of drug-likeness (QED) is 0.771. The van der Waals surface area contributed by atoms with E-state index in [0.29, 0.717) is 37.2 Å². The van der Waals surface area contributed by atoms with Crippen LogP contribution >= 0.6 is 11.8 Å². The topological polar surface area (TPSA) is 69.6 Å². The summed E-state index contributed by atoms with van der Waals surface area (Å²) in [5, 5.41) is 12.2. The van der Waals surface area contributed by atoms with Gasteiger partial charge in [0.1, 0.15) is 0 Å². The molecule has 5 nitrogen and oxygen atoms in total. The predicted octanol–water partition coefficient (Wildman–Crippen LogP) is 1.18. The number of nitrogens with one attached hydrogen (secondary N) is 1. The van der Waals surface area contributed by atoms with Crippen LogP contribution in [0.3, 0.4) is 0 Å². The molecule has 0 atom stereocenters. The van der Waals surface area contributed by atoms with Gasteiger partial charge in [0.2, 0.25) is 5.91 Å². The van der Waals surface area contributed by atoms with Crippen LogP contribution in [-0.2, 0) is 9.59 Å². The summed E-state index contributed by atoms with van der Waals surface area (Å²) in [5.41, 5.74) is 0. The van der Waals surface area contributed by atoms with Crippen molar-refractivity contribution in [2.45, 2.75) is 36.9 Å². The number of hydrogen-bond acceptors (Lipinski definition) is 4. The van der Waals surface area contributed by atoms with E-state index >= 15 is 0 Å². The molecule has 1 heterocycles. The number of amides is 1. The highest BCUT2D eigenvalue weighted by molar-refractivity contribution is 8.00. The van der Waals surface area contributed by atoms with Crippen LogP contribution in [0, 0.1) is 5.92 Å². The van der Waals surface area contributed by atoms with Crippen LogP contribution in [0.4, 0.5) is 0 Å². The van der Waals surface area contributed by atoms with Crippen molar-refractivity contribution in [2.75, 3.05) is 32.4 Å². The minimum absolute atomic E-state index is 0.101. The number of thioether (sulfide) groups is 1. The molecule has 1 amide bonds. The van der Waals surface area contributed by atoms with E-state index in [0.717, 1.165) is 6.54 Å². The number of carboxylic acids is 1. The Bertz CT molecular complexity index is 358. The molecule has 1 saturated carbocycles. The zero-order chi connectivity index (χ0) is 14.6. The first-order valence-electron chi connectivity index (χ1n) is 7.33. The first kappa shape index (κ1) is 15.6. The van der Waals surface area contributed by atoms with Crippen molar-refractivity contribution in [1.29, 1.82) is 0 Å². The summed E-state index contributed by atoms with van der Waals surface area (Å²) in [6.45, 7) is 2.42. The van der Waals surface area contributed by atoms with E-state index in [1.54, 1.807) is 4.90 Å². The molecule has 0 radical (unpaired) electrons. The van der Waals surface area contributed by atoms with Gasteiger partial charge in [0.15, 0.2) is 0 Å². The van der Waals surface area contributed by atoms with Crippen LogP contribution in [0.15, 0.2) is 0 Å². The molecule has 0 bridgehead atoms. The fraction of sp³-hybridized carbons (Fsp3) is 0.857. The normalized spacial score (nSPS) is 22.4. The number of rotatable bonds is 6. The van der Waals surface area contributed by atoms with Crippen molar-refractivity contribution in [3.05, 3.63) is 0 Å². The highest BCUT2D eigenvalue weighted by Crippen LogP contribution is 2.42. The zero-order valence-electron chi connectivity index (χ0n) is 12.1. The largest absolute Gasteiger partial charge is 0.481 e. The van der Waals surface area contributed by atoms with Gasteiger partial charge in [-0.3, -0.25) is 9.59 Å². The van der Waals surface area contributed by atoms with E-state index in [1.807, 2.05) is 11.8 Å². The van der Waals surface area contributed by atoms with Gasteiger partial charge in [0.05, 0.1) is 12.5 Å². The molecular formula is C14H24N2O3S. The third kappa shape index (κ3) is 3.67. The number of carbonyl (C=O) groups excluding carboxylic acids is 1. The van der Waals surface area contributed by atoms with Crippen LogP contribution in [0.25, 0.3) is 0 Å². The fourth-order valence-electron chi connectivity index (χ4n) is 2.91. The Morgan fingerprint density at radius 3 is 2.45 bits per heavy atom. The maximum Gasteiger partial charge on any atom is 0.306 e. The minimum Gasteiger partial charge on any atom is -0.481 e. The smallest absolute Gasteiger partial charge is 0.306 e. The lowest BCUT2D eigenvalue weighted by Crippen LogP contribution is -2.48. The maximum atomic E-state index is 12.1. The van der Waals surface area contributed by atoms with E-state index < -0.39 is 5.97 Å². The molecule has 1 aliphatic carbocycles. The van der Waals surface area contributed by atoms with Crippen molar-refractivity contribution >= 4 is 23.6 Å². The summed E-state index contributed by atoms with van der Waals surface area (Å²) >= 11 is 1.90. The van der Waals surface area contributed by atoms with Gasteiger partial charge < -0.3 is 15.3 Å². The Morgan fingerprint density at radius 2 is 2.00 bits per heavy atom. The number of carboxylic acid groups (broad SMARTS) is 1. The molecule has 0 aromatic rings.